The van der Waals surface area contributed by atoms with Crippen LogP contribution in [0.5, 0.6) is 0 Å². The molecule has 3 rings (SSSR count). The molecule has 1 aliphatic heterocycles. The molecule has 22 heavy (non-hydrogen) atoms. The van der Waals surface area contributed by atoms with Gasteiger partial charge in [-0.1, -0.05) is 66.7 Å². The predicted molar refractivity (Wildman–Crippen MR) is 87.9 cm³/mol. The molecule has 0 atom stereocenters. The molecule has 2 aromatic carbocycles. The van der Waals surface area contributed by atoms with Crippen molar-refractivity contribution in [2.24, 2.45) is 0 Å². The zero-order valence-electron chi connectivity index (χ0n) is 12.2. The van der Waals surface area contributed by atoms with Crippen LogP contribution >= 0.6 is 0 Å². The van der Waals surface area contributed by atoms with Crippen molar-refractivity contribution < 1.29 is 9.53 Å². The average molecular weight is 291 g/mol. The van der Waals surface area contributed by atoms with Crippen LogP contribution in [0, 0.1) is 0 Å². The Morgan fingerprint density at radius 3 is 2.18 bits per heavy atom. The lowest BCUT2D eigenvalue weighted by molar-refractivity contribution is 0.165. The minimum absolute atomic E-state index is 0.292. The maximum absolute atomic E-state index is 11.8. The molecule has 1 aliphatic rings. The van der Waals surface area contributed by atoms with Gasteiger partial charge in [0.1, 0.15) is 6.61 Å². The van der Waals surface area contributed by atoms with Crippen molar-refractivity contribution in [3.05, 3.63) is 83.6 Å². The summed E-state index contributed by atoms with van der Waals surface area (Å²) in [6.07, 6.45) is 5.65. The Balaban J connectivity index is 1.91. The minimum Gasteiger partial charge on any atom is -0.447 e. The third kappa shape index (κ3) is 3.44. The number of nitrogens with zero attached hydrogens (tertiary/aromatic N) is 1. The first-order valence-electron chi connectivity index (χ1n) is 7.27. The number of cyclic esters (lactones) is 1. The third-order valence-electron chi connectivity index (χ3n) is 3.43. The Kier molecular flexibility index (Phi) is 4.35. The van der Waals surface area contributed by atoms with Gasteiger partial charge in [-0.25, -0.2) is 4.79 Å². The molecule has 1 amide bonds. The summed E-state index contributed by atoms with van der Waals surface area (Å²) in [5.74, 6) is 0. The standard InChI is InChI=1S/C19H17NO2/c21-19-20(13-14-22-19)18(15-17-9-5-2-6-10-17)12-11-16-7-3-1-4-8-16/h1-12,15H,13-14H2/b12-11+,18-15-. The van der Waals surface area contributed by atoms with Gasteiger partial charge in [-0.05, 0) is 23.3 Å². The smallest absolute Gasteiger partial charge is 0.414 e. The summed E-state index contributed by atoms with van der Waals surface area (Å²) in [4.78, 5) is 13.5. The molecule has 0 radical (unpaired) electrons. The molecular weight excluding hydrogens is 274 g/mol. The van der Waals surface area contributed by atoms with Crippen molar-refractivity contribution in [1.82, 2.24) is 4.90 Å². The van der Waals surface area contributed by atoms with Crippen LogP contribution in [0.1, 0.15) is 11.1 Å². The molecule has 0 unspecified atom stereocenters. The summed E-state index contributed by atoms with van der Waals surface area (Å²) in [6, 6.07) is 20.0. The van der Waals surface area contributed by atoms with Gasteiger partial charge >= 0.3 is 6.09 Å². The van der Waals surface area contributed by atoms with Crippen LogP contribution in [0.15, 0.2) is 72.4 Å². The van der Waals surface area contributed by atoms with Crippen LogP contribution in [-0.2, 0) is 4.74 Å². The van der Waals surface area contributed by atoms with Crippen molar-refractivity contribution in [3.8, 4) is 0 Å². The molecule has 0 bridgehead atoms. The van der Waals surface area contributed by atoms with Crippen molar-refractivity contribution in [1.29, 1.82) is 0 Å². The van der Waals surface area contributed by atoms with E-state index in [0.717, 1.165) is 16.8 Å². The van der Waals surface area contributed by atoms with E-state index < -0.39 is 0 Å². The van der Waals surface area contributed by atoms with Crippen LogP contribution in [0.4, 0.5) is 4.79 Å². The quantitative estimate of drug-likeness (QED) is 0.790. The van der Waals surface area contributed by atoms with Gasteiger partial charge in [0.05, 0.1) is 6.54 Å². The second kappa shape index (κ2) is 6.76. The SMILES string of the molecule is O=C1OCCN1C(=C\c1ccccc1)/C=C/c1ccccc1. The molecule has 3 heteroatoms. The van der Waals surface area contributed by atoms with Gasteiger partial charge in [0.25, 0.3) is 0 Å². The Bertz CT molecular complexity index is 690. The highest BCUT2D eigenvalue weighted by atomic mass is 16.6. The number of benzene rings is 2. The molecule has 1 heterocycles. The number of amides is 1. The van der Waals surface area contributed by atoms with E-state index in [-0.39, 0.29) is 6.09 Å². The Morgan fingerprint density at radius 1 is 0.955 bits per heavy atom. The summed E-state index contributed by atoms with van der Waals surface area (Å²) >= 11 is 0. The molecule has 3 nitrogen and oxygen atoms in total. The van der Waals surface area contributed by atoms with E-state index in [1.165, 1.54) is 0 Å². The topological polar surface area (TPSA) is 29.5 Å². The van der Waals surface area contributed by atoms with Gasteiger partial charge < -0.3 is 4.74 Å². The zero-order chi connectivity index (χ0) is 15.2. The lowest BCUT2D eigenvalue weighted by atomic mass is 10.1. The predicted octanol–water partition coefficient (Wildman–Crippen LogP) is 4.19. The van der Waals surface area contributed by atoms with E-state index in [1.807, 2.05) is 78.9 Å². The largest absolute Gasteiger partial charge is 0.447 e. The van der Waals surface area contributed by atoms with Gasteiger partial charge in [0.15, 0.2) is 0 Å². The minimum atomic E-state index is -0.292. The number of allylic oxidation sites excluding steroid dienone is 1. The molecule has 1 fully saturated rings. The van der Waals surface area contributed by atoms with Crippen molar-refractivity contribution in [2.45, 2.75) is 0 Å². The monoisotopic (exact) mass is 291 g/mol. The van der Waals surface area contributed by atoms with Gasteiger partial charge in [-0.2, -0.15) is 0 Å². The number of rotatable bonds is 4. The maximum Gasteiger partial charge on any atom is 0.414 e. The lowest BCUT2D eigenvalue weighted by Crippen LogP contribution is -2.22. The second-order valence-electron chi connectivity index (χ2n) is 4.99. The zero-order valence-corrected chi connectivity index (χ0v) is 12.2. The third-order valence-corrected chi connectivity index (χ3v) is 3.43. The highest BCUT2D eigenvalue weighted by molar-refractivity contribution is 5.76. The number of hydrogen-bond donors (Lipinski definition) is 0. The Labute approximate surface area is 130 Å². The van der Waals surface area contributed by atoms with Crippen molar-refractivity contribution in [2.75, 3.05) is 13.2 Å². The summed E-state index contributed by atoms with van der Waals surface area (Å²) < 4.78 is 5.05. The molecule has 1 saturated heterocycles. The molecule has 0 aliphatic carbocycles. The molecule has 2 aromatic rings. The second-order valence-corrected chi connectivity index (χ2v) is 4.99. The Morgan fingerprint density at radius 2 is 1.59 bits per heavy atom. The highest BCUT2D eigenvalue weighted by Gasteiger charge is 2.24. The van der Waals surface area contributed by atoms with Gasteiger partial charge in [-0.3, -0.25) is 4.90 Å². The van der Waals surface area contributed by atoms with Crippen LogP contribution < -0.4 is 0 Å². The lowest BCUT2D eigenvalue weighted by Gasteiger charge is -2.14. The van der Waals surface area contributed by atoms with E-state index in [0.29, 0.717) is 13.2 Å². The maximum atomic E-state index is 11.8. The van der Waals surface area contributed by atoms with E-state index in [9.17, 15) is 4.79 Å². The van der Waals surface area contributed by atoms with Crippen molar-refractivity contribution >= 4 is 18.2 Å². The number of carbonyl (C=O) groups excluding carboxylic acids is 1. The van der Waals surface area contributed by atoms with Gasteiger partial charge in [-0.15, -0.1) is 0 Å². The first-order chi connectivity index (χ1) is 10.8. The molecule has 0 aromatic heterocycles. The normalized spacial score (nSPS) is 15.4. The summed E-state index contributed by atoms with van der Waals surface area (Å²) in [7, 11) is 0. The fraction of sp³-hybridized carbons (Fsp3) is 0.105. The van der Waals surface area contributed by atoms with Crippen molar-refractivity contribution in [3.63, 3.8) is 0 Å². The van der Waals surface area contributed by atoms with E-state index >= 15 is 0 Å². The Hall–Kier alpha value is -2.81. The first-order valence-corrected chi connectivity index (χ1v) is 7.27. The fourth-order valence-electron chi connectivity index (χ4n) is 2.31. The van der Waals surface area contributed by atoms with E-state index in [1.54, 1.807) is 4.90 Å². The number of hydrogen-bond acceptors (Lipinski definition) is 2. The summed E-state index contributed by atoms with van der Waals surface area (Å²) in [6.45, 7) is 1.01. The van der Waals surface area contributed by atoms with Crippen LogP contribution in [0.25, 0.3) is 12.2 Å². The molecular formula is C19H17NO2. The van der Waals surface area contributed by atoms with E-state index in [2.05, 4.69) is 0 Å². The van der Waals surface area contributed by atoms with Crippen LogP contribution in [-0.4, -0.2) is 24.1 Å². The fourth-order valence-corrected chi connectivity index (χ4v) is 2.31. The molecule has 110 valence electrons. The summed E-state index contributed by atoms with van der Waals surface area (Å²) in [5.41, 5.74) is 2.97. The molecule has 0 saturated carbocycles. The number of ether oxygens (including phenoxy) is 1. The average Bonchev–Trinajstić information content (AvgIpc) is 2.99. The van der Waals surface area contributed by atoms with Gasteiger partial charge in [0, 0.05) is 5.70 Å². The number of carbonyl (C=O) groups is 1. The van der Waals surface area contributed by atoms with E-state index in [4.69, 9.17) is 4.74 Å². The molecule has 0 spiro atoms. The molecule has 0 N–H and O–H groups in total. The highest BCUT2D eigenvalue weighted by Crippen LogP contribution is 2.18. The first kappa shape index (κ1) is 14.1. The van der Waals surface area contributed by atoms with Crippen LogP contribution in [0.3, 0.4) is 0 Å². The van der Waals surface area contributed by atoms with Gasteiger partial charge in [0.2, 0.25) is 0 Å². The summed E-state index contributed by atoms with van der Waals surface area (Å²) in [5, 5.41) is 0. The van der Waals surface area contributed by atoms with Crippen LogP contribution in [0.2, 0.25) is 0 Å².